The molecule has 1 fully saturated rings. The maximum atomic E-state index is 13.3. The zero-order valence-corrected chi connectivity index (χ0v) is 19.4. The lowest BCUT2D eigenvalue weighted by atomic mass is 10.0. The van der Waals surface area contributed by atoms with E-state index in [0.29, 0.717) is 12.8 Å². The molecule has 1 aliphatic rings. The third kappa shape index (κ3) is 7.27. The first kappa shape index (κ1) is 26.8. The quantitative estimate of drug-likeness (QED) is 0.275. The minimum Gasteiger partial charge on any atom is -0.480 e. The van der Waals surface area contributed by atoms with Crippen LogP contribution in [0, 0.1) is 5.92 Å². The molecule has 4 unspecified atom stereocenters. The number of nitrogens with one attached hydrogen (secondary N) is 2. The van der Waals surface area contributed by atoms with Gasteiger partial charge in [-0.2, -0.15) is 0 Å². The van der Waals surface area contributed by atoms with Gasteiger partial charge in [0, 0.05) is 13.0 Å². The van der Waals surface area contributed by atoms with Crippen LogP contribution in [0.4, 0.5) is 0 Å². The lowest BCUT2D eigenvalue weighted by Gasteiger charge is -2.29. The van der Waals surface area contributed by atoms with Crippen LogP contribution in [0.15, 0.2) is 30.3 Å². The molecule has 0 radical (unpaired) electrons. The number of aliphatic carboxylic acids is 1. The Morgan fingerprint density at radius 1 is 1.06 bits per heavy atom. The van der Waals surface area contributed by atoms with Crippen molar-refractivity contribution >= 4 is 29.6 Å². The van der Waals surface area contributed by atoms with Crippen molar-refractivity contribution < 1.29 is 29.1 Å². The van der Waals surface area contributed by atoms with Crippen molar-refractivity contribution in [1.82, 2.24) is 15.5 Å². The highest BCUT2D eigenvalue weighted by molar-refractivity contribution is 5.96. The Morgan fingerprint density at radius 3 is 2.24 bits per heavy atom. The summed E-state index contributed by atoms with van der Waals surface area (Å²) in [4.78, 5) is 63.2. The number of primary amides is 1. The number of benzene rings is 1. The summed E-state index contributed by atoms with van der Waals surface area (Å²) >= 11 is 0. The fraction of sp³-hybridized carbons (Fsp3) is 0.522. The summed E-state index contributed by atoms with van der Waals surface area (Å²) in [7, 11) is 0. The summed E-state index contributed by atoms with van der Waals surface area (Å²) in [6, 6.07) is 4.56. The van der Waals surface area contributed by atoms with Gasteiger partial charge in [0.05, 0.1) is 12.5 Å². The number of hydrogen-bond acceptors (Lipinski definition) is 6. The van der Waals surface area contributed by atoms with Gasteiger partial charge in [-0.25, -0.2) is 4.79 Å². The SMILES string of the molecule is CC(C)C(N)C(=O)NC(CC(N)=O)C(=O)NC(Cc1ccccc1)C(=O)N1CCCC1C(=O)O. The molecule has 1 aromatic carbocycles. The van der Waals surface area contributed by atoms with Gasteiger partial charge in [-0.3, -0.25) is 19.2 Å². The first-order chi connectivity index (χ1) is 16.0. The molecule has 4 atom stereocenters. The summed E-state index contributed by atoms with van der Waals surface area (Å²) < 4.78 is 0. The van der Waals surface area contributed by atoms with Crippen molar-refractivity contribution in [2.24, 2.45) is 17.4 Å². The first-order valence-electron chi connectivity index (χ1n) is 11.2. The topological polar surface area (TPSA) is 185 Å². The van der Waals surface area contributed by atoms with E-state index in [4.69, 9.17) is 11.5 Å². The molecule has 1 aliphatic heterocycles. The van der Waals surface area contributed by atoms with Gasteiger partial charge in [0.25, 0.3) is 0 Å². The Hall–Kier alpha value is -3.47. The molecule has 186 valence electrons. The molecule has 0 spiro atoms. The van der Waals surface area contributed by atoms with Crippen LogP contribution < -0.4 is 22.1 Å². The van der Waals surface area contributed by atoms with E-state index in [1.165, 1.54) is 4.90 Å². The molecule has 4 amide bonds. The highest BCUT2D eigenvalue weighted by Crippen LogP contribution is 2.20. The normalized spacial score (nSPS) is 18.1. The number of carbonyl (C=O) groups is 5. The summed E-state index contributed by atoms with van der Waals surface area (Å²) in [6.45, 7) is 3.72. The molecule has 34 heavy (non-hydrogen) atoms. The van der Waals surface area contributed by atoms with E-state index < -0.39 is 60.2 Å². The van der Waals surface area contributed by atoms with Crippen LogP contribution in [0.5, 0.6) is 0 Å². The van der Waals surface area contributed by atoms with Crippen molar-refractivity contribution in [1.29, 1.82) is 0 Å². The van der Waals surface area contributed by atoms with E-state index in [0.717, 1.165) is 5.56 Å². The standard InChI is InChI=1S/C23H33N5O6/c1-13(2)19(25)21(31)26-15(12-18(24)29)20(30)27-16(11-14-7-4-3-5-8-14)22(32)28-10-6-9-17(28)23(33)34/h3-5,7-8,13,15-17,19H,6,9-12,25H2,1-2H3,(H2,24,29)(H,26,31)(H,27,30)(H,33,34). The number of nitrogens with zero attached hydrogens (tertiary/aromatic N) is 1. The zero-order chi connectivity index (χ0) is 25.4. The van der Waals surface area contributed by atoms with Gasteiger partial charge in [-0.15, -0.1) is 0 Å². The molecule has 0 aliphatic carbocycles. The van der Waals surface area contributed by atoms with Gasteiger partial charge in [-0.05, 0) is 24.3 Å². The smallest absolute Gasteiger partial charge is 0.326 e. The summed E-state index contributed by atoms with van der Waals surface area (Å²) in [6.07, 6.45) is 0.454. The van der Waals surface area contributed by atoms with E-state index in [-0.39, 0.29) is 18.9 Å². The molecule has 0 bridgehead atoms. The Morgan fingerprint density at radius 2 is 1.68 bits per heavy atom. The molecule has 1 heterocycles. The van der Waals surface area contributed by atoms with Crippen molar-refractivity contribution in [3.8, 4) is 0 Å². The Bertz CT molecular complexity index is 906. The van der Waals surface area contributed by atoms with Crippen molar-refractivity contribution in [3.63, 3.8) is 0 Å². The monoisotopic (exact) mass is 475 g/mol. The minimum absolute atomic E-state index is 0.0942. The Kier molecular flexibility index (Phi) is 9.55. The van der Waals surface area contributed by atoms with Gasteiger partial charge in [0.2, 0.25) is 23.6 Å². The third-order valence-electron chi connectivity index (χ3n) is 5.78. The maximum Gasteiger partial charge on any atom is 0.326 e. The summed E-state index contributed by atoms with van der Waals surface area (Å²) in [5, 5.41) is 14.5. The molecular formula is C23H33N5O6. The molecular weight excluding hydrogens is 442 g/mol. The predicted molar refractivity (Wildman–Crippen MR) is 123 cm³/mol. The second-order valence-electron chi connectivity index (χ2n) is 8.78. The van der Waals surface area contributed by atoms with E-state index in [1.54, 1.807) is 44.2 Å². The molecule has 11 heteroatoms. The number of rotatable bonds is 11. The average Bonchev–Trinajstić information content (AvgIpc) is 3.27. The van der Waals surface area contributed by atoms with Gasteiger partial charge >= 0.3 is 5.97 Å². The van der Waals surface area contributed by atoms with Crippen LogP contribution in [0.3, 0.4) is 0 Å². The van der Waals surface area contributed by atoms with Crippen LogP contribution >= 0.6 is 0 Å². The largest absolute Gasteiger partial charge is 0.480 e. The molecule has 1 aromatic rings. The van der Waals surface area contributed by atoms with E-state index in [9.17, 15) is 29.1 Å². The molecule has 11 nitrogen and oxygen atoms in total. The summed E-state index contributed by atoms with van der Waals surface area (Å²) in [5.41, 5.74) is 11.8. The highest BCUT2D eigenvalue weighted by atomic mass is 16.4. The van der Waals surface area contributed by atoms with Crippen LogP contribution in [-0.2, 0) is 30.4 Å². The second-order valence-corrected chi connectivity index (χ2v) is 8.78. The predicted octanol–water partition coefficient (Wildman–Crippen LogP) is -0.867. The third-order valence-corrected chi connectivity index (χ3v) is 5.78. The lowest BCUT2D eigenvalue weighted by Crippen LogP contribution is -2.58. The van der Waals surface area contributed by atoms with Crippen molar-refractivity contribution in [2.75, 3.05) is 6.54 Å². The second kappa shape index (κ2) is 12.1. The van der Waals surface area contributed by atoms with Crippen molar-refractivity contribution in [3.05, 3.63) is 35.9 Å². The van der Waals surface area contributed by atoms with Gasteiger partial charge in [0.15, 0.2) is 0 Å². The van der Waals surface area contributed by atoms with Crippen LogP contribution in [-0.4, -0.2) is 70.3 Å². The Balaban J connectivity index is 2.26. The Labute approximate surface area is 198 Å². The maximum absolute atomic E-state index is 13.3. The van der Waals surface area contributed by atoms with Gasteiger partial charge < -0.3 is 32.1 Å². The van der Waals surface area contributed by atoms with Crippen molar-refractivity contribution in [2.45, 2.75) is 63.7 Å². The fourth-order valence-electron chi connectivity index (χ4n) is 3.79. The molecule has 0 aromatic heterocycles. The number of likely N-dealkylation sites (tertiary alicyclic amines) is 1. The average molecular weight is 476 g/mol. The molecule has 2 rings (SSSR count). The van der Waals surface area contributed by atoms with Crippen LogP contribution in [0.2, 0.25) is 0 Å². The fourth-order valence-corrected chi connectivity index (χ4v) is 3.79. The van der Waals surface area contributed by atoms with Gasteiger partial charge in [0.1, 0.15) is 18.1 Å². The van der Waals surface area contributed by atoms with Crippen LogP contribution in [0.25, 0.3) is 0 Å². The number of hydrogen-bond donors (Lipinski definition) is 5. The number of amides is 4. The van der Waals surface area contributed by atoms with E-state index in [2.05, 4.69) is 10.6 Å². The molecule has 0 saturated carbocycles. The van der Waals surface area contributed by atoms with Gasteiger partial charge in [-0.1, -0.05) is 44.2 Å². The highest BCUT2D eigenvalue weighted by Gasteiger charge is 2.38. The first-order valence-corrected chi connectivity index (χ1v) is 11.2. The van der Waals surface area contributed by atoms with E-state index in [1.807, 2.05) is 0 Å². The number of carbonyl (C=O) groups excluding carboxylic acids is 4. The number of nitrogens with two attached hydrogens (primary N) is 2. The lowest BCUT2D eigenvalue weighted by molar-refractivity contribution is -0.149. The zero-order valence-electron chi connectivity index (χ0n) is 19.4. The molecule has 1 saturated heterocycles. The summed E-state index contributed by atoms with van der Waals surface area (Å²) in [5.74, 6) is -4.12. The number of carboxylic acid groups (broad SMARTS) is 1. The molecule has 7 N–H and O–H groups in total. The van der Waals surface area contributed by atoms with E-state index >= 15 is 0 Å². The van der Waals surface area contributed by atoms with Crippen LogP contribution in [0.1, 0.15) is 38.7 Å². The number of carboxylic acids is 1. The minimum atomic E-state index is -1.34.